The van der Waals surface area contributed by atoms with Gasteiger partial charge in [0.15, 0.2) is 6.10 Å². The number of nitrogens with two attached hydrogens (primary N) is 1. The standard InChI is InChI=1S/C15H23N3O2/c1-11-5-4-8-18(14(11)9-16)15(19)12(2)20-13-6-3-7-17-10-13/h3,6-7,10-12,14H,4-5,8-9,16H2,1-2H3/t11-,12+,14+/m1/s1. The van der Waals surface area contributed by atoms with Gasteiger partial charge in [-0.2, -0.15) is 0 Å². The average molecular weight is 277 g/mol. The quantitative estimate of drug-likeness (QED) is 0.904. The summed E-state index contributed by atoms with van der Waals surface area (Å²) in [6.45, 7) is 5.21. The Morgan fingerprint density at radius 3 is 3.10 bits per heavy atom. The summed E-state index contributed by atoms with van der Waals surface area (Å²) in [5.41, 5.74) is 5.83. The zero-order chi connectivity index (χ0) is 14.5. The van der Waals surface area contributed by atoms with Crippen molar-refractivity contribution in [2.75, 3.05) is 13.1 Å². The lowest BCUT2D eigenvalue weighted by molar-refractivity contribution is -0.142. The van der Waals surface area contributed by atoms with Crippen molar-refractivity contribution in [3.63, 3.8) is 0 Å². The molecular weight excluding hydrogens is 254 g/mol. The van der Waals surface area contributed by atoms with E-state index in [2.05, 4.69) is 11.9 Å². The highest BCUT2D eigenvalue weighted by Crippen LogP contribution is 2.24. The van der Waals surface area contributed by atoms with Crippen molar-refractivity contribution in [3.8, 4) is 5.75 Å². The first-order valence-electron chi connectivity index (χ1n) is 7.20. The lowest BCUT2D eigenvalue weighted by Crippen LogP contribution is -2.54. The molecule has 0 unspecified atom stereocenters. The number of carbonyl (C=O) groups is 1. The topological polar surface area (TPSA) is 68.5 Å². The SMILES string of the molecule is C[C@H](Oc1cccnc1)C(=O)N1CCC[C@@H](C)[C@@H]1CN. The zero-order valence-electron chi connectivity index (χ0n) is 12.2. The number of hydrogen-bond acceptors (Lipinski definition) is 4. The summed E-state index contributed by atoms with van der Waals surface area (Å²) < 4.78 is 5.66. The maximum atomic E-state index is 12.5. The lowest BCUT2D eigenvalue weighted by atomic mass is 9.90. The minimum atomic E-state index is -0.515. The number of rotatable bonds is 4. The molecule has 1 saturated heterocycles. The third kappa shape index (κ3) is 3.28. The number of nitrogens with zero attached hydrogens (tertiary/aromatic N) is 2. The van der Waals surface area contributed by atoms with E-state index in [0.29, 0.717) is 18.2 Å². The lowest BCUT2D eigenvalue weighted by Gasteiger charge is -2.40. The largest absolute Gasteiger partial charge is 0.479 e. The molecule has 1 aliphatic rings. The number of pyridine rings is 1. The Hall–Kier alpha value is -1.62. The molecule has 0 spiro atoms. The van der Waals surface area contributed by atoms with Gasteiger partial charge in [0.2, 0.25) is 0 Å². The normalized spacial score (nSPS) is 24.2. The molecule has 0 radical (unpaired) electrons. The van der Waals surface area contributed by atoms with Crippen molar-refractivity contribution in [3.05, 3.63) is 24.5 Å². The van der Waals surface area contributed by atoms with Crippen molar-refractivity contribution in [1.29, 1.82) is 0 Å². The summed E-state index contributed by atoms with van der Waals surface area (Å²) in [4.78, 5) is 18.4. The second-order valence-electron chi connectivity index (χ2n) is 5.40. The highest BCUT2D eigenvalue weighted by Gasteiger charge is 2.33. The van der Waals surface area contributed by atoms with Gasteiger partial charge < -0.3 is 15.4 Å². The number of aromatic nitrogens is 1. The van der Waals surface area contributed by atoms with Crippen molar-refractivity contribution in [2.24, 2.45) is 11.7 Å². The number of ether oxygens (including phenoxy) is 1. The van der Waals surface area contributed by atoms with Crippen LogP contribution in [0, 0.1) is 5.92 Å². The molecule has 5 heteroatoms. The van der Waals surface area contributed by atoms with E-state index in [-0.39, 0.29) is 11.9 Å². The van der Waals surface area contributed by atoms with Gasteiger partial charge in [-0.25, -0.2) is 0 Å². The van der Waals surface area contributed by atoms with Crippen LogP contribution in [0.5, 0.6) is 5.75 Å². The summed E-state index contributed by atoms with van der Waals surface area (Å²) in [5.74, 6) is 1.07. The van der Waals surface area contributed by atoms with E-state index < -0.39 is 6.10 Å². The van der Waals surface area contributed by atoms with Gasteiger partial charge in [0.25, 0.3) is 5.91 Å². The first-order chi connectivity index (χ1) is 9.63. The van der Waals surface area contributed by atoms with Gasteiger partial charge in [0, 0.05) is 25.3 Å². The molecule has 20 heavy (non-hydrogen) atoms. The Labute approximate surface area is 120 Å². The molecule has 2 heterocycles. The van der Waals surface area contributed by atoms with Gasteiger partial charge in [0.05, 0.1) is 6.20 Å². The number of amides is 1. The molecule has 1 amide bonds. The second kappa shape index (κ2) is 6.70. The van der Waals surface area contributed by atoms with Crippen LogP contribution in [0.2, 0.25) is 0 Å². The fourth-order valence-electron chi connectivity index (χ4n) is 2.79. The first kappa shape index (κ1) is 14.8. The van der Waals surface area contributed by atoms with Crippen LogP contribution in [0.25, 0.3) is 0 Å². The van der Waals surface area contributed by atoms with Crippen molar-refractivity contribution >= 4 is 5.91 Å². The Morgan fingerprint density at radius 2 is 2.45 bits per heavy atom. The summed E-state index contributed by atoms with van der Waals surface area (Å²) in [5, 5.41) is 0. The summed E-state index contributed by atoms with van der Waals surface area (Å²) >= 11 is 0. The molecule has 110 valence electrons. The minimum Gasteiger partial charge on any atom is -0.479 e. The van der Waals surface area contributed by atoms with Crippen LogP contribution in [0.4, 0.5) is 0 Å². The molecule has 0 saturated carbocycles. The molecule has 0 bridgehead atoms. The maximum absolute atomic E-state index is 12.5. The summed E-state index contributed by atoms with van der Waals surface area (Å²) in [7, 11) is 0. The van der Waals surface area contributed by atoms with Gasteiger partial charge in [-0.3, -0.25) is 9.78 Å². The van der Waals surface area contributed by atoms with E-state index in [0.717, 1.165) is 19.4 Å². The van der Waals surface area contributed by atoms with Crippen LogP contribution in [0.15, 0.2) is 24.5 Å². The second-order valence-corrected chi connectivity index (χ2v) is 5.40. The van der Waals surface area contributed by atoms with Gasteiger partial charge >= 0.3 is 0 Å². The molecule has 3 atom stereocenters. The summed E-state index contributed by atoms with van der Waals surface area (Å²) in [6.07, 6.45) is 4.93. The fraction of sp³-hybridized carbons (Fsp3) is 0.600. The minimum absolute atomic E-state index is 0.0100. The molecule has 1 aliphatic heterocycles. The average Bonchev–Trinajstić information content (AvgIpc) is 2.47. The number of carbonyl (C=O) groups excluding carboxylic acids is 1. The summed E-state index contributed by atoms with van der Waals surface area (Å²) in [6, 6.07) is 3.71. The van der Waals surface area contributed by atoms with Crippen LogP contribution in [0.1, 0.15) is 26.7 Å². The molecular formula is C15H23N3O2. The van der Waals surface area contributed by atoms with Gasteiger partial charge in [-0.05, 0) is 37.8 Å². The maximum Gasteiger partial charge on any atom is 0.263 e. The van der Waals surface area contributed by atoms with E-state index in [1.165, 1.54) is 0 Å². The number of likely N-dealkylation sites (tertiary alicyclic amines) is 1. The molecule has 1 fully saturated rings. The molecule has 0 aromatic carbocycles. The zero-order valence-corrected chi connectivity index (χ0v) is 12.2. The Morgan fingerprint density at radius 1 is 1.65 bits per heavy atom. The predicted octanol–water partition coefficient (Wildman–Crippen LogP) is 1.43. The fourth-order valence-corrected chi connectivity index (χ4v) is 2.79. The molecule has 2 rings (SSSR count). The van der Waals surface area contributed by atoms with Crippen molar-refractivity contribution < 1.29 is 9.53 Å². The highest BCUT2D eigenvalue weighted by molar-refractivity contribution is 5.81. The highest BCUT2D eigenvalue weighted by atomic mass is 16.5. The van der Waals surface area contributed by atoms with Crippen LogP contribution in [0.3, 0.4) is 0 Å². The van der Waals surface area contributed by atoms with Gasteiger partial charge in [0.1, 0.15) is 5.75 Å². The van der Waals surface area contributed by atoms with E-state index in [1.807, 2.05) is 4.90 Å². The van der Waals surface area contributed by atoms with Gasteiger partial charge in [-0.1, -0.05) is 6.92 Å². The Bertz CT molecular complexity index is 438. The third-order valence-corrected chi connectivity index (χ3v) is 3.94. The predicted molar refractivity (Wildman–Crippen MR) is 77.3 cm³/mol. The first-order valence-corrected chi connectivity index (χ1v) is 7.20. The smallest absolute Gasteiger partial charge is 0.263 e. The van der Waals surface area contributed by atoms with E-state index >= 15 is 0 Å². The number of hydrogen-bond donors (Lipinski definition) is 1. The number of piperidine rings is 1. The Kier molecular flexibility index (Phi) is 4.95. The monoisotopic (exact) mass is 277 g/mol. The molecule has 1 aromatic heterocycles. The van der Waals surface area contributed by atoms with E-state index in [1.54, 1.807) is 31.5 Å². The molecule has 0 aliphatic carbocycles. The van der Waals surface area contributed by atoms with E-state index in [9.17, 15) is 4.79 Å². The molecule has 1 aromatic rings. The van der Waals surface area contributed by atoms with E-state index in [4.69, 9.17) is 10.5 Å². The molecule has 2 N–H and O–H groups in total. The molecule has 5 nitrogen and oxygen atoms in total. The van der Waals surface area contributed by atoms with Crippen molar-refractivity contribution in [1.82, 2.24) is 9.88 Å². The van der Waals surface area contributed by atoms with Crippen LogP contribution in [-0.4, -0.2) is 41.0 Å². The van der Waals surface area contributed by atoms with Crippen molar-refractivity contribution in [2.45, 2.75) is 38.8 Å². The van der Waals surface area contributed by atoms with Crippen LogP contribution < -0.4 is 10.5 Å². The van der Waals surface area contributed by atoms with Crippen LogP contribution in [-0.2, 0) is 4.79 Å². The van der Waals surface area contributed by atoms with Gasteiger partial charge in [-0.15, -0.1) is 0 Å². The third-order valence-electron chi connectivity index (χ3n) is 3.94. The Balaban J connectivity index is 2.02. The van der Waals surface area contributed by atoms with Crippen LogP contribution >= 0.6 is 0 Å².